The second-order valence-electron chi connectivity index (χ2n) is 7.52. The van der Waals surface area contributed by atoms with Crippen molar-refractivity contribution in [1.82, 2.24) is 0 Å². The number of benzene rings is 2. The molecule has 162 valence electrons. The molecule has 0 aliphatic rings. The van der Waals surface area contributed by atoms with Crippen LogP contribution in [0.25, 0.3) is 10.8 Å². The van der Waals surface area contributed by atoms with Gasteiger partial charge in [-0.1, -0.05) is 76.1 Å². The summed E-state index contributed by atoms with van der Waals surface area (Å²) in [5.41, 5.74) is 0. The molecule has 3 nitrogen and oxygen atoms in total. The SMILES string of the molecule is CCCCCCOc1c(OC)cc(OCCCCCCCCCl)c2ccccc12. The first-order chi connectivity index (χ1) is 14.3. The Morgan fingerprint density at radius 2 is 1.34 bits per heavy atom. The van der Waals surface area contributed by atoms with E-state index in [0.29, 0.717) is 6.61 Å². The number of methoxy groups -OCH3 is 1. The fraction of sp³-hybridized carbons (Fsp3) is 0.600. The van der Waals surface area contributed by atoms with Crippen molar-refractivity contribution in [3.8, 4) is 17.2 Å². The maximum absolute atomic E-state index is 6.15. The van der Waals surface area contributed by atoms with Gasteiger partial charge >= 0.3 is 0 Å². The minimum atomic E-state index is 0.713. The molecule has 0 saturated carbocycles. The Bertz CT molecular complexity index is 702. The third kappa shape index (κ3) is 7.97. The summed E-state index contributed by atoms with van der Waals surface area (Å²) in [5, 5.41) is 2.14. The molecule has 2 rings (SSSR count). The van der Waals surface area contributed by atoms with Crippen molar-refractivity contribution in [2.24, 2.45) is 0 Å². The standard InChI is InChI=1S/C25H37ClO3/c1-3-4-5-13-19-29-25-22-16-11-10-15-21(22)23(20-24(25)27-2)28-18-14-9-7-6-8-12-17-26/h10-11,15-16,20H,3-9,12-14,17-19H2,1-2H3. The van der Waals surface area contributed by atoms with Crippen molar-refractivity contribution >= 4 is 22.4 Å². The average molecular weight is 421 g/mol. The molecule has 0 atom stereocenters. The summed E-state index contributed by atoms with van der Waals surface area (Å²) in [5.74, 6) is 3.22. The lowest BCUT2D eigenvalue weighted by molar-refractivity contribution is 0.283. The Morgan fingerprint density at radius 1 is 0.724 bits per heavy atom. The second-order valence-corrected chi connectivity index (χ2v) is 7.90. The van der Waals surface area contributed by atoms with Crippen molar-refractivity contribution in [1.29, 1.82) is 0 Å². The van der Waals surface area contributed by atoms with Crippen LogP contribution in [-0.2, 0) is 0 Å². The molecular formula is C25H37ClO3. The molecule has 0 aromatic heterocycles. The van der Waals surface area contributed by atoms with E-state index in [-0.39, 0.29) is 0 Å². The smallest absolute Gasteiger partial charge is 0.169 e. The molecule has 2 aromatic carbocycles. The number of hydrogen-bond acceptors (Lipinski definition) is 3. The van der Waals surface area contributed by atoms with Gasteiger partial charge in [-0.15, -0.1) is 11.6 Å². The van der Waals surface area contributed by atoms with Gasteiger partial charge in [-0.25, -0.2) is 0 Å². The van der Waals surface area contributed by atoms with Gasteiger partial charge in [0, 0.05) is 22.7 Å². The summed E-state index contributed by atoms with van der Waals surface area (Å²) in [6.07, 6.45) is 11.8. The average Bonchev–Trinajstić information content (AvgIpc) is 2.76. The highest BCUT2D eigenvalue weighted by molar-refractivity contribution is 6.17. The second kappa shape index (κ2) is 14.4. The van der Waals surface area contributed by atoms with Gasteiger partial charge in [0.15, 0.2) is 11.5 Å². The maximum atomic E-state index is 6.15. The van der Waals surface area contributed by atoms with Crippen LogP contribution in [-0.4, -0.2) is 26.2 Å². The summed E-state index contributed by atoms with van der Waals surface area (Å²) in [6.45, 7) is 3.65. The van der Waals surface area contributed by atoms with Gasteiger partial charge in [0.25, 0.3) is 0 Å². The van der Waals surface area contributed by atoms with Crippen molar-refractivity contribution in [2.45, 2.75) is 71.1 Å². The molecule has 0 N–H and O–H groups in total. The molecule has 0 aliphatic carbocycles. The third-order valence-corrected chi connectivity index (χ3v) is 5.44. The van der Waals surface area contributed by atoms with Crippen molar-refractivity contribution in [3.63, 3.8) is 0 Å². The van der Waals surface area contributed by atoms with E-state index < -0.39 is 0 Å². The fourth-order valence-electron chi connectivity index (χ4n) is 3.50. The Labute approximate surface area is 181 Å². The zero-order valence-corrected chi connectivity index (χ0v) is 18.9. The Morgan fingerprint density at radius 3 is 2.03 bits per heavy atom. The third-order valence-electron chi connectivity index (χ3n) is 5.17. The largest absolute Gasteiger partial charge is 0.493 e. The zero-order chi connectivity index (χ0) is 20.7. The number of rotatable bonds is 16. The summed E-state index contributed by atoms with van der Waals surface area (Å²) in [4.78, 5) is 0. The van der Waals surface area contributed by atoms with Crippen LogP contribution in [0.1, 0.15) is 71.1 Å². The van der Waals surface area contributed by atoms with E-state index in [1.54, 1.807) is 7.11 Å². The lowest BCUT2D eigenvalue weighted by Gasteiger charge is -2.17. The van der Waals surface area contributed by atoms with E-state index in [4.69, 9.17) is 25.8 Å². The molecule has 0 unspecified atom stereocenters. The predicted molar refractivity (Wildman–Crippen MR) is 124 cm³/mol. The van der Waals surface area contributed by atoms with Gasteiger partial charge in [0.05, 0.1) is 20.3 Å². The van der Waals surface area contributed by atoms with Gasteiger partial charge in [0.1, 0.15) is 5.75 Å². The molecule has 29 heavy (non-hydrogen) atoms. The molecule has 0 fully saturated rings. The van der Waals surface area contributed by atoms with E-state index in [2.05, 4.69) is 19.1 Å². The van der Waals surface area contributed by atoms with Gasteiger partial charge in [-0.3, -0.25) is 0 Å². The van der Waals surface area contributed by atoms with Crippen molar-refractivity contribution < 1.29 is 14.2 Å². The zero-order valence-electron chi connectivity index (χ0n) is 18.2. The molecule has 0 spiro atoms. The first-order valence-corrected chi connectivity index (χ1v) is 11.8. The summed E-state index contributed by atoms with van der Waals surface area (Å²) < 4.78 is 17.9. The predicted octanol–water partition coefficient (Wildman–Crippen LogP) is 7.77. The molecule has 0 amide bonds. The van der Waals surface area contributed by atoms with Gasteiger partial charge < -0.3 is 14.2 Å². The van der Waals surface area contributed by atoms with Crippen LogP contribution in [0.4, 0.5) is 0 Å². The van der Waals surface area contributed by atoms with E-state index in [0.717, 1.165) is 59.8 Å². The number of ether oxygens (including phenoxy) is 3. The Balaban J connectivity index is 1.97. The quantitative estimate of drug-likeness (QED) is 0.205. The minimum absolute atomic E-state index is 0.713. The summed E-state index contributed by atoms with van der Waals surface area (Å²) in [6, 6.07) is 10.2. The minimum Gasteiger partial charge on any atom is -0.493 e. The van der Waals surface area contributed by atoms with E-state index in [1.165, 1.54) is 44.9 Å². The van der Waals surface area contributed by atoms with E-state index >= 15 is 0 Å². The van der Waals surface area contributed by atoms with Crippen molar-refractivity contribution in [3.05, 3.63) is 30.3 Å². The first kappa shape index (κ1) is 23.7. The Kier molecular flexibility index (Phi) is 11.7. The van der Waals surface area contributed by atoms with Gasteiger partial charge in [0.2, 0.25) is 0 Å². The van der Waals surface area contributed by atoms with Crippen LogP contribution in [0.2, 0.25) is 0 Å². The summed E-state index contributed by atoms with van der Waals surface area (Å²) >= 11 is 5.72. The number of alkyl halides is 1. The Hall–Kier alpha value is -1.61. The molecule has 0 saturated heterocycles. The molecule has 0 bridgehead atoms. The van der Waals surface area contributed by atoms with Crippen LogP contribution in [0.5, 0.6) is 17.2 Å². The van der Waals surface area contributed by atoms with Crippen molar-refractivity contribution in [2.75, 3.05) is 26.2 Å². The number of halogens is 1. The van der Waals surface area contributed by atoms with Crippen LogP contribution >= 0.6 is 11.6 Å². The highest BCUT2D eigenvalue weighted by Crippen LogP contribution is 2.41. The lowest BCUT2D eigenvalue weighted by atomic mass is 10.1. The molecular weight excluding hydrogens is 384 g/mol. The number of unbranched alkanes of at least 4 members (excludes halogenated alkanes) is 8. The normalized spacial score (nSPS) is 11.0. The van der Waals surface area contributed by atoms with Crippen LogP contribution in [0.3, 0.4) is 0 Å². The lowest BCUT2D eigenvalue weighted by Crippen LogP contribution is -2.03. The first-order valence-electron chi connectivity index (χ1n) is 11.2. The monoisotopic (exact) mass is 420 g/mol. The molecule has 2 aromatic rings. The molecule has 0 radical (unpaired) electrons. The summed E-state index contributed by atoms with van der Waals surface area (Å²) in [7, 11) is 1.69. The van der Waals surface area contributed by atoms with Crippen LogP contribution in [0, 0.1) is 0 Å². The maximum Gasteiger partial charge on any atom is 0.169 e. The highest BCUT2D eigenvalue weighted by atomic mass is 35.5. The van der Waals surface area contributed by atoms with Gasteiger partial charge in [-0.2, -0.15) is 0 Å². The number of hydrogen-bond donors (Lipinski definition) is 0. The molecule has 0 aliphatic heterocycles. The van der Waals surface area contributed by atoms with Crippen LogP contribution in [0.15, 0.2) is 30.3 Å². The molecule has 0 heterocycles. The molecule has 4 heteroatoms. The van der Waals surface area contributed by atoms with E-state index in [9.17, 15) is 0 Å². The van der Waals surface area contributed by atoms with Gasteiger partial charge in [-0.05, 0) is 19.3 Å². The highest BCUT2D eigenvalue weighted by Gasteiger charge is 2.15. The number of fused-ring (bicyclic) bond motifs is 1. The fourth-order valence-corrected chi connectivity index (χ4v) is 3.69. The van der Waals surface area contributed by atoms with E-state index in [1.807, 2.05) is 18.2 Å². The topological polar surface area (TPSA) is 27.7 Å². The van der Waals surface area contributed by atoms with Crippen LogP contribution < -0.4 is 14.2 Å².